The lowest BCUT2D eigenvalue weighted by Crippen LogP contribution is -2.40. The van der Waals surface area contributed by atoms with Crippen molar-refractivity contribution in [2.45, 2.75) is 30.8 Å². The first-order chi connectivity index (χ1) is 8.82. The van der Waals surface area contributed by atoms with Crippen molar-refractivity contribution < 1.29 is 22.3 Å². The van der Waals surface area contributed by atoms with Crippen molar-refractivity contribution in [3.8, 4) is 0 Å². The molecule has 1 N–H and O–H groups in total. The van der Waals surface area contributed by atoms with E-state index >= 15 is 0 Å². The number of benzene rings is 1. The number of sulfonamides is 1. The molecular formula is C12H15F2NO3S. The number of nitrogens with zero attached hydrogens (tertiary/aromatic N) is 1. The zero-order valence-corrected chi connectivity index (χ0v) is 11.3. The van der Waals surface area contributed by atoms with E-state index in [2.05, 4.69) is 0 Å². The van der Waals surface area contributed by atoms with Crippen LogP contribution in [0.2, 0.25) is 0 Å². The van der Waals surface area contributed by atoms with Crippen LogP contribution in [0.4, 0.5) is 8.78 Å². The Kier molecular flexibility index (Phi) is 3.89. The molecule has 2 rings (SSSR count). The SMILES string of the molecule is Cc1cc(S(=O)(=O)N2CCC(O)CC2)c(F)cc1F. The maximum atomic E-state index is 13.7. The minimum atomic E-state index is -3.97. The van der Waals surface area contributed by atoms with Crippen LogP contribution in [0.15, 0.2) is 17.0 Å². The molecule has 1 saturated heterocycles. The maximum absolute atomic E-state index is 13.7. The molecule has 0 bridgehead atoms. The first kappa shape index (κ1) is 14.4. The molecule has 0 radical (unpaired) electrons. The fourth-order valence-corrected chi connectivity index (χ4v) is 3.65. The van der Waals surface area contributed by atoms with E-state index in [-0.39, 0.29) is 18.7 Å². The fraction of sp³-hybridized carbons (Fsp3) is 0.500. The molecule has 1 heterocycles. The van der Waals surface area contributed by atoms with Gasteiger partial charge in [-0.25, -0.2) is 17.2 Å². The lowest BCUT2D eigenvalue weighted by atomic mass is 10.1. The van der Waals surface area contributed by atoms with Gasteiger partial charge in [-0.1, -0.05) is 0 Å². The van der Waals surface area contributed by atoms with Gasteiger partial charge in [0.25, 0.3) is 0 Å². The molecule has 0 saturated carbocycles. The Morgan fingerprint density at radius 1 is 1.21 bits per heavy atom. The molecule has 1 aromatic carbocycles. The fourth-order valence-electron chi connectivity index (χ4n) is 2.05. The van der Waals surface area contributed by atoms with Crippen LogP contribution >= 0.6 is 0 Å². The van der Waals surface area contributed by atoms with Crippen molar-refractivity contribution in [1.29, 1.82) is 0 Å². The Labute approximate surface area is 110 Å². The number of aliphatic hydroxyl groups is 1. The van der Waals surface area contributed by atoms with Crippen molar-refractivity contribution in [2.75, 3.05) is 13.1 Å². The zero-order valence-electron chi connectivity index (χ0n) is 10.4. The second kappa shape index (κ2) is 5.15. The molecule has 1 aliphatic heterocycles. The third-order valence-electron chi connectivity index (χ3n) is 3.25. The molecule has 0 aromatic heterocycles. The number of hydrogen-bond acceptors (Lipinski definition) is 3. The average Bonchev–Trinajstić information content (AvgIpc) is 2.34. The molecule has 1 fully saturated rings. The zero-order chi connectivity index (χ0) is 14.2. The molecule has 1 aromatic rings. The normalized spacial score (nSPS) is 18.7. The Morgan fingerprint density at radius 2 is 1.79 bits per heavy atom. The average molecular weight is 291 g/mol. The lowest BCUT2D eigenvalue weighted by molar-refractivity contribution is 0.113. The first-order valence-corrected chi connectivity index (χ1v) is 7.40. The van der Waals surface area contributed by atoms with Crippen molar-refractivity contribution in [3.63, 3.8) is 0 Å². The van der Waals surface area contributed by atoms with Gasteiger partial charge in [-0.15, -0.1) is 0 Å². The van der Waals surface area contributed by atoms with E-state index < -0.39 is 32.7 Å². The van der Waals surface area contributed by atoms with Crippen LogP contribution in [0.3, 0.4) is 0 Å². The summed E-state index contributed by atoms with van der Waals surface area (Å²) in [5.74, 6) is -1.86. The monoisotopic (exact) mass is 291 g/mol. The van der Waals surface area contributed by atoms with Crippen LogP contribution in [0.25, 0.3) is 0 Å². The molecule has 0 amide bonds. The summed E-state index contributed by atoms with van der Waals surface area (Å²) in [6.07, 6.45) is 0.119. The van der Waals surface area contributed by atoms with E-state index in [4.69, 9.17) is 0 Å². The minimum absolute atomic E-state index is 0.0806. The molecule has 0 atom stereocenters. The highest BCUT2D eigenvalue weighted by molar-refractivity contribution is 7.89. The third kappa shape index (κ3) is 2.77. The summed E-state index contributed by atoms with van der Waals surface area (Å²) in [5, 5.41) is 9.35. The van der Waals surface area contributed by atoms with Crippen LogP contribution in [-0.4, -0.2) is 37.0 Å². The second-order valence-electron chi connectivity index (χ2n) is 4.67. The predicted octanol–water partition coefficient (Wildman–Crippen LogP) is 1.42. The van der Waals surface area contributed by atoms with Gasteiger partial charge >= 0.3 is 0 Å². The van der Waals surface area contributed by atoms with Gasteiger partial charge in [0.05, 0.1) is 6.10 Å². The molecule has 19 heavy (non-hydrogen) atoms. The van der Waals surface area contributed by atoms with Crippen molar-refractivity contribution in [1.82, 2.24) is 4.31 Å². The summed E-state index contributed by atoms with van der Waals surface area (Å²) in [4.78, 5) is -0.511. The molecular weight excluding hydrogens is 276 g/mol. The Hall–Kier alpha value is -1.05. The maximum Gasteiger partial charge on any atom is 0.245 e. The van der Waals surface area contributed by atoms with Gasteiger partial charge in [0, 0.05) is 19.2 Å². The number of rotatable bonds is 2. The molecule has 0 spiro atoms. The van der Waals surface area contributed by atoms with Gasteiger partial charge in [0.1, 0.15) is 16.5 Å². The molecule has 1 aliphatic rings. The van der Waals surface area contributed by atoms with E-state index in [0.29, 0.717) is 18.9 Å². The summed E-state index contributed by atoms with van der Waals surface area (Å²) in [6, 6.07) is 1.59. The lowest BCUT2D eigenvalue weighted by Gasteiger charge is -2.28. The molecule has 0 unspecified atom stereocenters. The number of piperidine rings is 1. The highest BCUT2D eigenvalue weighted by Crippen LogP contribution is 2.25. The standard InChI is InChI=1S/C12H15F2NO3S/c1-8-6-12(11(14)7-10(8)13)19(17,18)15-4-2-9(16)3-5-15/h6-7,9,16H,2-5H2,1H3. The third-order valence-corrected chi connectivity index (χ3v) is 5.17. The van der Waals surface area contributed by atoms with Crippen molar-refractivity contribution in [2.24, 2.45) is 0 Å². The summed E-state index contributed by atoms with van der Waals surface area (Å²) >= 11 is 0. The van der Waals surface area contributed by atoms with Crippen LogP contribution in [0.1, 0.15) is 18.4 Å². The molecule has 7 heteroatoms. The van der Waals surface area contributed by atoms with Gasteiger partial charge in [-0.3, -0.25) is 0 Å². The Balaban J connectivity index is 2.37. The number of aryl methyl sites for hydroxylation is 1. The summed E-state index contributed by atoms with van der Waals surface area (Å²) in [5.41, 5.74) is 0.0806. The van der Waals surface area contributed by atoms with Gasteiger partial charge in [0.2, 0.25) is 10.0 Å². The largest absolute Gasteiger partial charge is 0.393 e. The number of hydrogen-bond donors (Lipinski definition) is 1. The van der Waals surface area contributed by atoms with Gasteiger partial charge < -0.3 is 5.11 Å². The highest BCUT2D eigenvalue weighted by Gasteiger charge is 2.31. The van der Waals surface area contributed by atoms with E-state index in [1.807, 2.05) is 0 Å². The van der Waals surface area contributed by atoms with E-state index in [0.717, 1.165) is 10.4 Å². The molecule has 106 valence electrons. The Bertz CT molecular complexity index is 581. The smallest absolute Gasteiger partial charge is 0.245 e. The summed E-state index contributed by atoms with van der Waals surface area (Å²) < 4.78 is 52.5. The van der Waals surface area contributed by atoms with Crippen molar-refractivity contribution in [3.05, 3.63) is 29.3 Å². The topological polar surface area (TPSA) is 57.6 Å². The van der Waals surface area contributed by atoms with Crippen LogP contribution in [0, 0.1) is 18.6 Å². The molecule has 4 nitrogen and oxygen atoms in total. The van der Waals surface area contributed by atoms with E-state index in [9.17, 15) is 22.3 Å². The van der Waals surface area contributed by atoms with Gasteiger partial charge in [-0.05, 0) is 31.4 Å². The van der Waals surface area contributed by atoms with Crippen LogP contribution in [-0.2, 0) is 10.0 Å². The second-order valence-corrected chi connectivity index (χ2v) is 6.57. The van der Waals surface area contributed by atoms with E-state index in [1.54, 1.807) is 0 Å². The van der Waals surface area contributed by atoms with Crippen LogP contribution in [0.5, 0.6) is 0 Å². The van der Waals surface area contributed by atoms with Crippen molar-refractivity contribution >= 4 is 10.0 Å². The number of aliphatic hydroxyl groups excluding tert-OH is 1. The minimum Gasteiger partial charge on any atom is -0.393 e. The quantitative estimate of drug-likeness (QED) is 0.896. The van der Waals surface area contributed by atoms with Gasteiger partial charge in [-0.2, -0.15) is 4.31 Å². The highest BCUT2D eigenvalue weighted by atomic mass is 32.2. The van der Waals surface area contributed by atoms with Crippen LogP contribution < -0.4 is 0 Å². The summed E-state index contributed by atoms with van der Waals surface area (Å²) in [6.45, 7) is 1.66. The van der Waals surface area contributed by atoms with Gasteiger partial charge in [0.15, 0.2) is 0 Å². The first-order valence-electron chi connectivity index (χ1n) is 5.96. The number of halogens is 2. The summed E-state index contributed by atoms with van der Waals surface area (Å²) in [7, 11) is -3.97. The Morgan fingerprint density at radius 3 is 2.37 bits per heavy atom. The van der Waals surface area contributed by atoms with E-state index in [1.165, 1.54) is 6.92 Å². The molecule has 0 aliphatic carbocycles. The predicted molar refractivity (Wildman–Crippen MR) is 65.1 cm³/mol.